The number of thiophene rings is 1. The van der Waals surface area contributed by atoms with Gasteiger partial charge in [0.15, 0.2) is 5.78 Å². The molecule has 1 aromatic heterocycles. The Bertz CT molecular complexity index is 898. The molecule has 0 unspecified atom stereocenters. The average molecular weight is 395 g/mol. The van der Waals surface area contributed by atoms with Crippen molar-refractivity contribution in [2.75, 3.05) is 13.7 Å². The number of ether oxygens (including phenoxy) is 2. The molecule has 1 aromatic carbocycles. The maximum atomic E-state index is 12.9. The van der Waals surface area contributed by atoms with Crippen molar-refractivity contribution in [2.24, 2.45) is 0 Å². The van der Waals surface area contributed by atoms with Gasteiger partial charge >= 0.3 is 0 Å². The second-order valence-electron chi connectivity index (χ2n) is 6.57. The monoisotopic (exact) mass is 394 g/mol. The summed E-state index contributed by atoms with van der Waals surface area (Å²) >= 11 is 1.19. The number of methoxy groups -OCH3 is 1. The van der Waals surface area contributed by atoms with Crippen LogP contribution in [0.25, 0.3) is 0 Å². The van der Waals surface area contributed by atoms with Crippen LogP contribution in [0.15, 0.2) is 44.8 Å². The van der Waals surface area contributed by atoms with Crippen molar-refractivity contribution in [3.8, 4) is 0 Å². The fourth-order valence-electron chi connectivity index (χ4n) is 3.30. The quantitative estimate of drug-likeness (QED) is 0.721. The largest absolute Gasteiger partial charge is 0.378 e. The molecule has 0 aliphatic carbocycles. The zero-order valence-corrected chi connectivity index (χ0v) is 16.7. The van der Waals surface area contributed by atoms with Gasteiger partial charge in [0.2, 0.25) is 9.84 Å². The second-order valence-corrected chi connectivity index (χ2v) is 9.66. The van der Waals surface area contributed by atoms with Crippen molar-refractivity contribution in [1.29, 1.82) is 0 Å². The van der Waals surface area contributed by atoms with E-state index in [2.05, 4.69) is 0 Å². The normalized spacial score (nSPS) is 23.7. The minimum atomic E-state index is -3.63. The number of benzene rings is 1. The minimum absolute atomic E-state index is 0.0581. The lowest BCUT2D eigenvalue weighted by atomic mass is 9.85. The fraction of sp³-hybridized carbons (Fsp3) is 0.421. The van der Waals surface area contributed by atoms with Crippen LogP contribution in [0.3, 0.4) is 0 Å². The molecule has 0 amide bonds. The molecular weight excluding hydrogens is 372 g/mol. The standard InChI is InChI=1S/C19H22O5S2/c1-13-11-19(23-3,8-9-24-13)16-10-18(25-12-16)26(21,22)17-6-4-15(5-7-17)14(2)20/h4-7,10,12-13H,8-9,11H2,1-3H3/t13-,19+/m0/s1. The number of ketones is 1. The van der Waals surface area contributed by atoms with E-state index in [1.165, 1.54) is 30.4 Å². The van der Waals surface area contributed by atoms with E-state index in [-0.39, 0.29) is 21.0 Å². The third-order valence-corrected chi connectivity index (χ3v) is 8.06. The lowest BCUT2D eigenvalue weighted by Crippen LogP contribution is -2.38. The Morgan fingerprint density at radius 1 is 1.31 bits per heavy atom. The first-order valence-electron chi connectivity index (χ1n) is 8.40. The van der Waals surface area contributed by atoms with Gasteiger partial charge in [-0.1, -0.05) is 12.1 Å². The smallest absolute Gasteiger partial charge is 0.215 e. The third kappa shape index (κ3) is 3.49. The van der Waals surface area contributed by atoms with Crippen LogP contribution >= 0.6 is 11.3 Å². The molecule has 1 aliphatic rings. The van der Waals surface area contributed by atoms with Crippen molar-refractivity contribution in [2.45, 2.75) is 47.5 Å². The molecule has 2 heterocycles. The highest BCUT2D eigenvalue weighted by molar-refractivity contribution is 7.93. The molecule has 2 atom stereocenters. The Balaban J connectivity index is 1.94. The second kappa shape index (κ2) is 7.23. The van der Waals surface area contributed by atoms with Crippen LogP contribution in [0, 0.1) is 0 Å². The Morgan fingerprint density at radius 3 is 2.58 bits per heavy atom. The van der Waals surface area contributed by atoms with E-state index in [0.717, 1.165) is 5.56 Å². The van der Waals surface area contributed by atoms with Crippen molar-refractivity contribution in [3.05, 3.63) is 46.8 Å². The Kier molecular flexibility index (Phi) is 5.35. The van der Waals surface area contributed by atoms with Gasteiger partial charge in [0, 0.05) is 25.5 Å². The van der Waals surface area contributed by atoms with Gasteiger partial charge in [0.05, 0.1) is 23.2 Å². The van der Waals surface area contributed by atoms with Crippen LogP contribution in [0.2, 0.25) is 0 Å². The Labute approximate surface area is 157 Å². The number of hydrogen-bond acceptors (Lipinski definition) is 6. The summed E-state index contributed by atoms with van der Waals surface area (Å²) in [5.74, 6) is -0.0944. The summed E-state index contributed by atoms with van der Waals surface area (Å²) in [7, 11) is -1.97. The number of carbonyl (C=O) groups is 1. The van der Waals surface area contributed by atoms with Crippen LogP contribution in [0.1, 0.15) is 42.6 Å². The van der Waals surface area contributed by atoms with Gasteiger partial charge < -0.3 is 9.47 Å². The molecule has 3 rings (SSSR count). The van der Waals surface area contributed by atoms with E-state index in [9.17, 15) is 13.2 Å². The molecule has 7 heteroatoms. The molecule has 0 bridgehead atoms. The average Bonchev–Trinajstić information content (AvgIpc) is 3.13. The molecule has 0 N–H and O–H groups in total. The van der Waals surface area contributed by atoms with E-state index in [0.29, 0.717) is 25.0 Å². The fourth-order valence-corrected chi connectivity index (χ4v) is 5.97. The van der Waals surface area contributed by atoms with E-state index in [4.69, 9.17) is 9.47 Å². The van der Waals surface area contributed by atoms with Crippen LogP contribution in [0.5, 0.6) is 0 Å². The highest BCUT2D eigenvalue weighted by Gasteiger charge is 2.39. The van der Waals surface area contributed by atoms with Gasteiger partial charge in [-0.15, -0.1) is 11.3 Å². The van der Waals surface area contributed by atoms with Crippen LogP contribution in [-0.4, -0.2) is 34.0 Å². The van der Waals surface area contributed by atoms with Crippen LogP contribution in [0.4, 0.5) is 0 Å². The van der Waals surface area contributed by atoms with E-state index in [1.54, 1.807) is 25.3 Å². The molecule has 1 saturated heterocycles. The van der Waals surface area contributed by atoms with Gasteiger partial charge in [-0.25, -0.2) is 8.42 Å². The van der Waals surface area contributed by atoms with E-state index >= 15 is 0 Å². The molecule has 2 aromatic rings. The summed E-state index contributed by atoms with van der Waals surface area (Å²) < 4.78 is 37.5. The summed E-state index contributed by atoms with van der Waals surface area (Å²) in [6.07, 6.45) is 1.44. The van der Waals surface area contributed by atoms with Gasteiger partial charge in [0.1, 0.15) is 4.21 Å². The molecule has 26 heavy (non-hydrogen) atoms. The highest BCUT2D eigenvalue weighted by Crippen LogP contribution is 2.41. The predicted octanol–water partition coefficient (Wildman–Crippen LogP) is 3.82. The Hall–Kier alpha value is -1.54. The summed E-state index contributed by atoms with van der Waals surface area (Å²) in [5, 5.41) is 1.86. The van der Waals surface area contributed by atoms with Gasteiger partial charge in [-0.05, 0) is 43.0 Å². The predicted molar refractivity (Wildman–Crippen MR) is 99.6 cm³/mol. The number of hydrogen-bond donors (Lipinski definition) is 0. The van der Waals surface area contributed by atoms with Gasteiger partial charge in [0.25, 0.3) is 0 Å². The molecule has 0 radical (unpaired) electrons. The number of sulfone groups is 1. The number of Topliss-reactive ketones (excluding diaryl/α,β-unsaturated/α-hetero) is 1. The summed E-state index contributed by atoms with van der Waals surface area (Å²) in [4.78, 5) is 11.6. The molecule has 140 valence electrons. The summed E-state index contributed by atoms with van der Waals surface area (Å²) in [6, 6.07) is 7.75. The molecule has 1 aliphatic heterocycles. The lowest BCUT2D eigenvalue weighted by molar-refractivity contribution is -0.122. The first-order valence-corrected chi connectivity index (χ1v) is 10.8. The van der Waals surface area contributed by atoms with Crippen molar-refractivity contribution in [1.82, 2.24) is 0 Å². The molecular formula is C19H22O5S2. The topological polar surface area (TPSA) is 69.7 Å². The first-order chi connectivity index (χ1) is 12.3. The van der Waals surface area contributed by atoms with Crippen molar-refractivity contribution < 1.29 is 22.7 Å². The van der Waals surface area contributed by atoms with Gasteiger partial charge in [-0.2, -0.15) is 0 Å². The maximum absolute atomic E-state index is 12.9. The maximum Gasteiger partial charge on any atom is 0.215 e. The summed E-state index contributed by atoms with van der Waals surface area (Å²) in [5.41, 5.74) is 0.852. The SMILES string of the molecule is CO[C@]1(c2csc(S(=O)(=O)c3ccc(C(C)=O)cc3)c2)CCO[C@@H](C)C1. The van der Waals surface area contributed by atoms with Crippen molar-refractivity contribution >= 4 is 27.0 Å². The van der Waals surface area contributed by atoms with Crippen LogP contribution in [-0.2, 0) is 24.9 Å². The molecule has 1 fully saturated rings. The number of carbonyl (C=O) groups excluding carboxylic acids is 1. The third-order valence-electron chi connectivity index (χ3n) is 4.85. The minimum Gasteiger partial charge on any atom is -0.378 e. The Morgan fingerprint density at radius 2 is 2.00 bits per heavy atom. The van der Waals surface area contributed by atoms with E-state index in [1.807, 2.05) is 12.3 Å². The molecule has 0 spiro atoms. The molecule has 5 nitrogen and oxygen atoms in total. The highest BCUT2D eigenvalue weighted by atomic mass is 32.2. The van der Waals surface area contributed by atoms with E-state index < -0.39 is 15.4 Å². The van der Waals surface area contributed by atoms with Gasteiger partial charge in [-0.3, -0.25) is 4.79 Å². The lowest BCUT2D eigenvalue weighted by Gasteiger charge is -2.38. The molecule has 0 saturated carbocycles. The van der Waals surface area contributed by atoms with Crippen LogP contribution < -0.4 is 0 Å². The van der Waals surface area contributed by atoms with Crippen molar-refractivity contribution in [3.63, 3.8) is 0 Å². The summed E-state index contributed by atoms with van der Waals surface area (Å²) in [6.45, 7) is 4.03. The first kappa shape index (κ1) is 19.2. The zero-order valence-electron chi connectivity index (χ0n) is 15.0. The number of rotatable bonds is 5. The zero-order chi connectivity index (χ0) is 18.9.